The fourth-order valence-electron chi connectivity index (χ4n) is 2.66. The van der Waals surface area contributed by atoms with E-state index < -0.39 is 16.2 Å². The summed E-state index contributed by atoms with van der Waals surface area (Å²) in [4.78, 5) is 0.164. The summed E-state index contributed by atoms with van der Waals surface area (Å²) >= 11 is 0. The fourth-order valence-corrected chi connectivity index (χ4v) is 3.73. The highest BCUT2D eigenvalue weighted by Crippen LogP contribution is 2.33. The van der Waals surface area contributed by atoms with Gasteiger partial charge in [0.25, 0.3) is 10.1 Å². The molecule has 0 spiro atoms. The summed E-state index contributed by atoms with van der Waals surface area (Å²) in [7, 11) is -3.78. The van der Waals surface area contributed by atoms with Gasteiger partial charge >= 0.3 is 0 Å². The Morgan fingerprint density at radius 1 is 1.10 bits per heavy atom. The van der Waals surface area contributed by atoms with Gasteiger partial charge in [-0.2, -0.15) is 8.42 Å². The molecule has 1 aromatic rings. The Morgan fingerprint density at radius 2 is 1.75 bits per heavy atom. The van der Waals surface area contributed by atoms with Gasteiger partial charge in [0.15, 0.2) is 0 Å². The van der Waals surface area contributed by atoms with E-state index in [9.17, 15) is 8.42 Å². The van der Waals surface area contributed by atoms with Crippen LogP contribution in [0.3, 0.4) is 0 Å². The van der Waals surface area contributed by atoms with Crippen molar-refractivity contribution in [3.8, 4) is 0 Å². The van der Waals surface area contributed by atoms with Crippen LogP contribution in [0.5, 0.6) is 0 Å². The molecule has 2 saturated heterocycles. The second-order valence-corrected chi connectivity index (χ2v) is 7.05. The largest absolute Gasteiger partial charge is 0.372 e. The number of ether oxygens (including phenoxy) is 2. The zero-order chi connectivity index (χ0) is 14.3. The van der Waals surface area contributed by atoms with Gasteiger partial charge in [0, 0.05) is 5.92 Å². The molecule has 1 aromatic carbocycles. The Labute approximate surface area is 119 Å². The molecule has 0 N–H and O–H groups in total. The number of rotatable bonds is 3. The molecule has 6 heteroatoms. The van der Waals surface area contributed by atoms with Gasteiger partial charge < -0.3 is 9.47 Å². The van der Waals surface area contributed by atoms with Crippen molar-refractivity contribution >= 4 is 10.1 Å². The average Bonchev–Trinajstić information content (AvgIpc) is 2.95. The van der Waals surface area contributed by atoms with Crippen molar-refractivity contribution in [2.45, 2.75) is 37.1 Å². The van der Waals surface area contributed by atoms with Crippen LogP contribution in [0, 0.1) is 12.8 Å². The highest BCUT2D eigenvalue weighted by atomic mass is 32.2. The van der Waals surface area contributed by atoms with Crippen LogP contribution in [0.1, 0.15) is 12.5 Å². The van der Waals surface area contributed by atoms with Crippen LogP contribution >= 0.6 is 0 Å². The highest BCUT2D eigenvalue weighted by Gasteiger charge is 2.48. The maximum absolute atomic E-state index is 12.2. The molecule has 0 aliphatic carbocycles. The fraction of sp³-hybridized carbons (Fsp3) is 0.571. The van der Waals surface area contributed by atoms with Crippen LogP contribution in [0.4, 0.5) is 0 Å². The molecule has 2 heterocycles. The van der Waals surface area contributed by atoms with E-state index in [0.717, 1.165) is 5.56 Å². The maximum atomic E-state index is 12.2. The van der Waals surface area contributed by atoms with Crippen molar-refractivity contribution < 1.29 is 22.1 Å². The lowest BCUT2D eigenvalue weighted by Crippen LogP contribution is -2.32. The lowest BCUT2D eigenvalue weighted by Gasteiger charge is -2.16. The van der Waals surface area contributed by atoms with Gasteiger partial charge in [0.1, 0.15) is 12.2 Å². The third-order valence-electron chi connectivity index (χ3n) is 3.82. The van der Waals surface area contributed by atoms with Crippen LogP contribution < -0.4 is 0 Å². The summed E-state index contributed by atoms with van der Waals surface area (Å²) in [6.45, 7) is 4.77. The molecular formula is C14H18O5S. The predicted octanol–water partition coefficient (Wildman–Crippen LogP) is 1.50. The van der Waals surface area contributed by atoms with Gasteiger partial charge in [0.05, 0.1) is 24.2 Å². The summed E-state index contributed by atoms with van der Waals surface area (Å²) in [5.74, 6) is 0.274. The van der Waals surface area contributed by atoms with Crippen molar-refractivity contribution in [1.82, 2.24) is 0 Å². The van der Waals surface area contributed by atoms with E-state index in [1.165, 1.54) is 0 Å². The molecule has 0 unspecified atom stereocenters. The number of hydrogen-bond acceptors (Lipinski definition) is 5. The lowest BCUT2D eigenvalue weighted by molar-refractivity contribution is 0.0328. The molecule has 0 amide bonds. The summed E-state index contributed by atoms with van der Waals surface area (Å²) < 4.78 is 41.0. The Morgan fingerprint density at radius 3 is 2.45 bits per heavy atom. The lowest BCUT2D eigenvalue weighted by atomic mass is 10.0. The summed E-state index contributed by atoms with van der Waals surface area (Å²) in [6.07, 6.45) is -0.908. The average molecular weight is 298 g/mol. The first-order chi connectivity index (χ1) is 9.47. The molecule has 0 saturated carbocycles. The SMILES string of the molecule is Cc1ccc(S(=O)(=O)O[C@@H]2CO[C@H]3[C@@H]2OC[C@@H]3C)cc1. The van der Waals surface area contributed by atoms with Gasteiger partial charge in [0.2, 0.25) is 0 Å². The molecule has 110 valence electrons. The normalized spacial score (nSPS) is 33.3. The Kier molecular flexibility index (Phi) is 3.58. The minimum absolute atomic E-state index is 0.0618. The quantitative estimate of drug-likeness (QED) is 0.791. The first-order valence-corrected chi connectivity index (χ1v) is 8.11. The summed E-state index contributed by atoms with van der Waals surface area (Å²) in [6, 6.07) is 6.60. The molecule has 2 aliphatic heterocycles. The van der Waals surface area contributed by atoms with Crippen LogP contribution in [0.15, 0.2) is 29.2 Å². The van der Waals surface area contributed by atoms with Gasteiger partial charge in [-0.05, 0) is 19.1 Å². The van der Waals surface area contributed by atoms with E-state index in [1.807, 2.05) is 13.8 Å². The van der Waals surface area contributed by atoms with Gasteiger partial charge in [-0.3, -0.25) is 4.18 Å². The first kappa shape index (κ1) is 14.0. The molecule has 20 heavy (non-hydrogen) atoms. The van der Waals surface area contributed by atoms with Crippen LogP contribution in [0.2, 0.25) is 0 Å². The summed E-state index contributed by atoms with van der Waals surface area (Å²) in [5, 5.41) is 0. The molecular weight excluding hydrogens is 280 g/mol. The molecule has 3 rings (SSSR count). The molecule has 5 nitrogen and oxygen atoms in total. The minimum Gasteiger partial charge on any atom is -0.372 e. The number of aryl methyl sites for hydroxylation is 1. The number of benzene rings is 1. The van der Waals surface area contributed by atoms with Crippen LogP contribution in [-0.2, 0) is 23.8 Å². The summed E-state index contributed by atoms with van der Waals surface area (Å²) in [5.41, 5.74) is 1.00. The smallest absolute Gasteiger partial charge is 0.297 e. The molecule has 0 radical (unpaired) electrons. The molecule has 2 aliphatic rings. The van der Waals surface area contributed by atoms with Crippen molar-refractivity contribution in [1.29, 1.82) is 0 Å². The highest BCUT2D eigenvalue weighted by molar-refractivity contribution is 7.86. The minimum atomic E-state index is -3.78. The van der Waals surface area contributed by atoms with E-state index in [1.54, 1.807) is 24.3 Å². The van der Waals surface area contributed by atoms with Gasteiger partial charge in [-0.1, -0.05) is 24.6 Å². The zero-order valence-corrected chi connectivity index (χ0v) is 12.3. The van der Waals surface area contributed by atoms with Crippen molar-refractivity contribution in [2.75, 3.05) is 13.2 Å². The second-order valence-electron chi connectivity index (χ2n) is 5.48. The Balaban J connectivity index is 1.76. The topological polar surface area (TPSA) is 61.8 Å². The molecule has 2 fully saturated rings. The molecule has 4 atom stereocenters. The molecule has 0 aromatic heterocycles. The standard InChI is InChI=1S/C14H18O5S/c1-9-3-5-11(6-4-9)20(15,16)19-12-8-18-13-10(2)7-17-14(12)13/h3-6,10,12-14H,7-8H2,1-2H3/t10-,12+,13+,14+/m0/s1. The van der Waals surface area contributed by atoms with Crippen LogP contribution in [-0.4, -0.2) is 39.9 Å². The van der Waals surface area contributed by atoms with E-state index in [-0.39, 0.29) is 29.6 Å². The number of hydrogen-bond donors (Lipinski definition) is 0. The third kappa shape index (κ3) is 2.48. The zero-order valence-electron chi connectivity index (χ0n) is 11.5. The van der Waals surface area contributed by atoms with E-state index in [4.69, 9.17) is 13.7 Å². The van der Waals surface area contributed by atoms with Crippen molar-refractivity contribution in [2.24, 2.45) is 5.92 Å². The number of fused-ring (bicyclic) bond motifs is 1. The van der Waals surface area contributed by atoms with E-state index in [2.05, 4.69) is 0 Å². The predicted molar refractivity (Wildman–Crippen MR) is 71.9 cm³/mol. The maximum Gasteiger partial charge on any atom is 0.297 e. The monoisotopic (exact) mass is 298 g/mol. The van der Waals surface area contributed by atoms with Crippen molar-refractivity contribution in [3.05, 3.63) is 29.8 Å². The van der Waals surface area contributed by atoms with Gasteiger partial charge in [-0.25, -0.2) is 0 Å². The van der Waals surface area contributed by atoms with Crippen LogP contribution in [0.25, 0.3) is 0 Å². The third-order valence-corrected chi connectivity index (χ3v) is 5.17. The van der Waals surface area contributed by atoms with E-state index >= 15 is 0 Å². The van der Waals surface area contributed by atoms with E-state index in [0.29, 0.717) is 6.61 Å². The first-order valence-electron chi connectivity index (χ1n) is 6.70. The molecule has 0 bridgehead atoms. The Bertz CT molecular complexity index is 580. The Hall–Kier alpha value is -0.950. The second kappa shape index (κ2) is 5.11. The van der Waals surface area contributed by atoms with Gasteiger partial charge in [-0.15, -0.1) is 0 Å². The van der Waals surface area contributed by atoms with Crippen molar-refractivity contribution in [3.63, 3.8) is 0 Å².